The van der Waals surface area contributed by atoms with E-state index in [-0.39, 0.29) is 5.41 Å². The molecular formula is C11H16BrClN2O. The number of hydrogen-bond acceptors (Lipinski definition) is 3. The number of aromatic nitrogens is 2. The van der Waals surface area contributed by atoms with Gasteiger partial charge >= 0.3 is 6.01 Å². The minimum Gasteiger partial charge on any atom is -0.467 e. The number of hydrogen-bond donors (Lipinski definition) is 0. The lowest BCUT2D eigenvalue weighted by atomic mass is 9.89. The van der Waals surface area contributed by atoms with Gasteiger partial charge in [-0.3, -0.25) is 0 Å². The molecule has 0 aliphatic carbocycles. The van der Waals surface area contributed by atoms with Gasteiger partial charge in [0.15, 0.2) is 0 Å². The quantitative estimate of drug-likeness (QED) is 0.802. The van der Waals surface area contributed by atoms with E-state index in [2.05, 4.69) is 46.7 Å². The lowest BCUT2D eigenvalue weighted by Gasteiger charge is -2.25. The van der Waals surface area contributed by atoms with Crippen molar-refractivity contribution in [3.05, 3.63) is 16.9 Å². The van der Waals surface area contributed by atoms with Crippen LogP contribution < -0.4 is 4.74 Å². The van der Waals surface area contributed by atoms with E-state index in [0.29, 0.717) is 15.9 Å². The van der Waals surface area contributed by atoms with E-state index < -0.39 is 0 Å². The van der Waals surface area contributed by atoms with Gasteiger partial charge in [-0.25, -0.2) is 4.98 Å². The maximum atomic E-state index is 6.05. The summed E-state index contributed by atoms with van der Waals surface area (Å²) in [4.78, 5) is 8.50. The average molecular weight is 308 g/mol. The van der Waals surface area contributed by atoms with Gasteiger partial charge in [-0.05, 0) is 5.41 Å². The minimum atomic E-state index is 0.154. The van der Waals surface area contributed by atoms with E-state index in [1.165, 1.54) is 0 Å². The molecule has 0 fully saturated rings. The number of nitrogens with zero attached hydrogens (tertiary/aromatic N) is 2. The van der Waals surface area contributed by atoms with Gasteiger partial charge in [0.1, 0.15) is 0 Å². The van der Waals surface area contributed by atoms with Crippen LogP contribution in [0.2, 0.25) is 5.02 Å². The van der Waals surface area contributed by atoms with Crippen molar-refractivity contribution in [1.29, 1.82) is 0 Å². The number of ether oxygens (including phenoxy) is 1. The monoisotopic (exact) mass is 306 g/mol. The summed E-state index contributed by atoms with van der Waals surface area (Å²) >= 11 is 9.70. The standard InChI is InChI=1S/C11H16BrClN2O/c1-11(2,3)9(12)5-8-7(13)6-14-10(15-8)16-4/h6,9H,5H2,1-4H3. The zero-order valence-corrected chi connectivity index (χ0v) is 12.3. The van der Waals surface area contributed by atoms with Crippen LogP contribution in [0.25, 0.3) is 0 Å². The highest BCUT2D eigenvalue weighted by Crippen LogP contribution is 2.30. The van der Waals surface area contributed by atoms with Crippen molar-refractivity contribution in [2.75, 3.05) is 7.11 Å². The SMILES string of the molecule is COc1ncc(Cl)c(CC(Br)C(C)(C)C)n1. The highest BCUT2D eigenvalue weighted by molar-refractivity contribution is 9.09. The molecule has 1 rings (SSSR count). The molecule has 0 aliphatic heterocycles. The fourth-order valence-electron chi connectivity index (χ4n) is 1.10. The molecule has 0 saturated heterocycles. The predicted molar refractivity (Wildman–Crippen MR) is 69.5 cm³/mol. The van der Waals surface area contributed by atoms with Gasteiger partial charge in [0.05, 0.1) is 24.0 Å². The summed E-state index contributed by atoms with van der Waals surface area (Å²) in [7, 11) is 1.54. The van der Waals surface area contributed by atoms with Gasteiger partial charge in [-0.2, -0.15) is 4.98 Å². The zero-order valence-electron chi connectivity index (χ0n) is 9.92. The van der Waals surface area contributed by atoms with Crippen LogP contribution >= 0.6 is 27.5 Å². The lowest BCUT2D eigenvalue weighted by Crippen LogP contribution is -2.23. The Morgan fingerprint density at radius 1 is 1.50 bits per heavy atom. The van der Waals surface area contributed by atoms with Crippen LogP contribution in [-0.4, -0.2) is 21.9 Å². The third-order valence-corrected chi connectivity index (χ3v) is 4.30. The van der Waals surface area contributed by atoms with Crippen molar-refractivity contribution < 1.29 is 4.74 Å². The Bertz CT molecular complexity index is 365. The summed E-state index contributed by atoms with van der Waals surface area (Å²) in [6, 6.07) is 0.355. The van der Waals surface area contributed by atoms with Crippen molar-refractivity contribution >= 4 is 27.5 Å². The van der Waals surface area contributed by atoms with Crippen LogP contribution in [0, 0.1) is 5.41 Å². The van der Waals surface area contributed by atoms with Crippen molar-refractivity contribution in [2.24, 2.45) is 5.41 Å². The first kappa shape index (κ1) is 13.7. The molecule has 0 amide bonds. The largest absolute Gasteiger partial charge is 0.467 e. The summed E-state index contributed by atoms with van der Waals surface area (Å²) in [5.41, 5.74) is 0.965. The van der Waals surface area contributed by atoms with Gasteiger partial charge in [0, 0.05) is 11.2 Å². The molecule has 0 N–H and O–H groups in total. The van der Waals surface area contributed by atoms with Crippen LogP contribution in [0.4, 0.5) is 0 Å². The Morgan fingerprint density at radius 2 is 2.12 bits per heavy atom. The molecule has 1 aromatic rings. The summed E-state index contributed by atoms with van der Waals surface area (Å²) in [5, 5.41) is 0.578. The molecule has 16 heavy (non-hydrogen) atoms. The van der Waals surface area contributed by atoms with E-state index in [9.17, 15) is 0 Å². The summed E-state index contributed by atoms with van der Waals surface area (Å²) in [6.45, 7) is 6.50. The maximum absolute atomic E-state index is 6.05. The second kappa shape index (κ2) is 5.32. The Kier molecular flexibility index (Phi) is 4.56. The van der Waals surface area contributed by atoms with E-state index in [4.69, 9.17) is 16.3 Å². The fraction of sp³-hybridized carbons (Fsp3) is 0.636. The van der Waals surface area contributed by atoms with E-state index in [1.54, 1.807) is 13.3 Å². The smallest absolute Gasteiger partial charge is 0.316 e. The fourth-order valence-corrected chi connectivity index (χ4v) is 1.58. The van der Waals surface area contributed by atoms with E-state index in [0.717, 1.165) is 12.1 Å². The summed E-state index contributed by atoms with van der Waals surface area (Å²) < 4.78 is 4.98. The number of halogens is 2. The Hall–Kier alpha value is -0.350. The van der Waals surface area contributed by atoms with Crippen LogP contribution in [0.15, 0.2) is 6.20 Å². The van der Waals surface area contributed by atoms with Gasteiger partial charge in [-0.1, -0.05) is 48.3 Å². The van der Waals surface area contributed by atoms with Crippen LogP contribution in [0.5, 0.6) is 6.01 Å². The van der Waals surface area contributed by atoms with E-state index >= 15 is 0 Å². The molecule has 1 unspecified atom stereocenters. The third-order valence-electron chi connectivity index (χ3n) is 2.29. The van der Waals surface area contributed by atoms with Gasteiger partial charge in [-0.15, -0.1) is 0 Å². The summed E-state index contributed by atoms with van der Waals surface area (Å²) in [6.07, 6.45) is 2.33. The molecular weight excluding hydrogens is 291 g/mol. The average Bonchev–Trinajstić information content (AvgIpc) is 2.19. The van der Waals surface area contributed by atoms with E-state index in [1.807, 2.05) is 0 Å². The lowest BCUT2D eigenvalue weighted by molar-refractivity contribution is 0.372. The molecule has 0 spiro atoms. The molecule has 90 valence electrons. The van der Waals surface area contributed by atoms with Crippen molar-refractivity contribution in [3.63, 3.8) is 0 Å². The normalized spacial score (nSPS) is 13.6. The molecule has 0 aliphatic rings. The maximum Gasteiger partial charge on any atom is 0.316 e. The Balaban J connectivity index is 2.88. The Morgan fingerprint density at radius 3 is 2.62 bits per heavy atom. The van der Waals surface area contributed by atoms with Crippen LogP contribution in [-0.2, 0) is 6.42 Å². The van der Waals surface area contributed by atoms with Crippen molar-refractivity contribution in [2.45, 2.75) is 32.0 Å². The number of rotatable bonds is 3. The van der Waals surface area contributed by atoms with Crippen molar-refractivity contribution in [1.82, 2.24) is 9.97 Å². The molecule has 0 radical (unpaired) electrons. The van der Waals surface area contributed by atoms with Gasteiger partial charge in [0.2, 0.25) is 0 Å². The first-order valence-corrected chi connectivity index (χ1v) is 6.33. The first-order chi connectivity index (χ1) is 7.34. The molecule has 0 bridgehead atoms. The summed E-state index contributed by atoms with van der Waals surface area (Å²) in [5.74, 6) is 0. The molecule has 1 heterocycles. The topological polar surface area (TPSA) is 35.0 Å². The molecule has 1 aromatic heterocycles. The third kappa shape index (κ3) is 3.59. The number of alkyl halides is 1. The van der Waals surface area contributed by atoms with Crippen molar-refractivity contribution in [3.8, 4) is 6.01 Å². The van der Waals surface area contributed by atoms with Crippen LogP contribution in [0.1, 0.15) is 26.5 Å². The van der Waals surface area contributed by atoms with Crippen LogP contribution in [0.3, 0.4) is 0 Å². The highest BCUT2D eigenvalue weighted by atomic mass is 79.9. The second-order valence-electron chi connectivity index (χ2n) is 4.69. The molecule has 1 atom stereocenters. The molecule has 0 aromatic carbocycles. The predicted octanol–water partition coefficient (Wildman–Crippen LogP) is 3.49. The number of methoxy groups -OCH3 is 1. The Labute approximate surface area is 110 Å². The minimum absolute atomic E-state index is 0.154. The first-order valence-electron chi connectivity index (χ1n) is 5.04. The van der Waals surface area contributed by atoms with Gasteiger partial charge in [0.25, 0.3) is 0 Å². The second-order valence-corrected chi connectivity index (χ2v) is 6.20. The zero-order chi connectivity index (χ0) is 12.3. The molecule has 0 saturated carbocycles. The molecule has 3 nitrogen and oxygen atoms in total. The molecule has 5 heteroatoms. The highest BCUT2D eigenvalue weighted by Gasteiger charge is 2.23. The van der Waals surface area contributed by atoms with Gasteiger partial charge < -0.3 is 4.74 Å².